The van der Waals surface area contributed by atoms with E-state index in [0.717, 1.165) is 57.1 Å². The van der Waals surface area contributed by atoms with Gasteiger partial charge in [0.25, 0.3) is 0 Å². The maximum Gasteiger partial charge on any atom is 0.235 e. The van der Waals surface area contributed by atoms with Crippen LogP contribution in [-0.2, 0) is 4.79 Å². The molecule has 0 spiro atoms. The van der Waals surface area contributed by atoms with Crippen LogP contribution in [0.3, 0.4) is 0 Å². The van der Waals surface area contributed by atoms with Gasteiger partial charge in [0.05, 0.1) is 17.1 Å². The molecule has 31 heavy (non-hydrogen) atoms. The van der Waals surface area contributed by atoms with Gasteiger partial charge in [0, 0.05) is 25.8 Å². The van der Waals surface area contributed by atoms with Crippen LogP contribution in [0.15, 0.2) is 23.5 Å². The molecule has 0 aliphatic carbocycles. The lowest BCUT2D eigenvalue weighted by Gasteiger charge is -2.20. The summed E-state index contributed by atoms with van der Waals surface area (Å²) in [7, 11) is 0. The standard InChI is InChI=1S/C22H31FN6OS/c23-18-14-25-11-8-19(18)28-22(27-16-24)26-10-4-2-1-3-6-17-9-12-29(15-17)21(30)20-7-5-13-31-20/h8,11,14,17,20H,1-7,9-10,12-13,15H2,(H2,25,26,27,28). The van der Waals surface area contributed by atoms with Crippen LogP contribution in [0, 0.1) is 23.2 Å². The number of hydrogen-bond donors (Lipinski definition) is 2. The van der Waals surface area contributed by atoms with Gasteiger partial charge in [-0.1, -0.05) is 19.3 Å². The Morgan fingerprint density at radius 2 is 2.23 bits per heavy atom. The summed E-state index contributed by atoms with van der Waals surface area (Å²) in [5.74, 6) is 1.87. The normalized spacial score (nSPS) is 21.2. The highest BCUT2D eigenvalue weighted by Gasteiger charge is 2.32. The van der Waals surface area contributed by atoms with Gasteiger partial charge >= 0.3 is 0 Å². The van der Waals surface area contributed by atoms with Crippen molar-refractivity contribution in [3.8, 4) is 6.19 Å². The first-order chi connectivity index (χ1) is 15.2. The smallest absolute Gasteiger partial charge is 0.235 e. The minimum absolute atomic E-state index is 0.212. The molecule has 3 heterocycles. The molecule has 0 aromatic carbocycles. The molecule has 9 heteroatoms. The van der Waals surface area contributed by atoms with E-state index in [-0.39, 0.29) is 16.9 Å². The topological polar surface area (TPSA) is 93.4 Å². The number of amides is 1. The molecule has 1 aromatic heterocycles. The molecule has 0 radical (unpaired) electrons. The number of carbonyl (C=O) groups is 1. The fraction of sp³-hybridized carbons (Fsp3) is 0.636. The number of rotatable bonds is 9. The summed E-state index contributed by atoms with van der Waals surface area (Å²) >= 11 is 1.82. The summed E-state index contributed by atoms with van der Waals surface area (Å²) in [5.41, 5.74) is 0.229. The Balaban J connectivity index is 1.29. The number of nitrogens with zero attached hydrogens (tertiary/aromatic N) is 4. The third-order valence-electron chi connectivity index (χ3n) is 5.79. The van der Waals surface area contributed by atoms with E-state index >= 15 is 0 Å². The van der Waals surface area contributed by atoms with Crippen molar-refractivity contribution in [1.29, 1.82) is 5.26 Å². The summed E-state index contributed by atoms with van der Waals surface area (Å²) < 4.78 is 13.7. The van der Waals surface area contributed by atoms with Gasteiger partial charge in [-0.15, -0.1) is 11.8 Å². The first-order valence-corrected chi connectivity index (χ1v) is 12.2. The highest BCUT2D eigenvalue weighted by molar-refractivity contribution is 8.00. The quantitative estimate of drug-likeness (QED) is 0.197. The van der Waals surface area contributed by atoms with Crippen molar-refractivity contribution in [3.05, 3.63) is 24.3 Å². The van der Waals surface area contributed by atoms with E-state index in [2.05, 4.69) is 25.5 Å². The zero-order valence-electron chi connectivity index (χ0n) is 17.9. The number of nitriles is 1. The lowest BCUT2D eigenvalue weighted by Crippen LogP contribution is -2.35. The molecule has 0 bridgehead atoms. The van der Waals surface area contributed by atoms with Gasteiger partial charge < -0.3 is 10.2 Å². The first-order valence-electron chi connectivity index (χ1n) is 11.1. The van der Waals surface area contributed by atoms with Crippen LogP contribution in [0.5, 0.6) is 0 Å². The fourth-order valence-corrected chi connectivity index (χ4v) is 5.34. The van der Waals surface area contributed by atoms with E-state index in [9.17, 15) is 9.18 Å². The van der Waals surface area contributed by atoms with Gasteiger partial charge in [-0.3, -0.25) is 20.1 Å². The van der Waals surface area contributed by atoms with Gasteiger partial charge in [0.15, 0.2) is 12.0 Å². The zero-order valence-corrected chi connectivity index (χ0v) is 18.7. The molecule has 2 aliphatic rings. The molecule has 2 atom stereocenters. The molecule has 1 amide bonds. The molecular weight excluding hydrogens is 415 g/mol. The molecule has 2 saturated heterocycles. The van der Waals surface area contributed by atoms with E-state index in [4.69, 9.17) is 5.26 Å². The van der Waals surface area contributed by atoms with Crippen LogP contribution in [-0.4, -0.2) is 52.4 Å². The van der Waals surface area contributed by atoms with Gasteiger partial charge in [0.2, 0.25) is 11.9 Å². The molecule has 2 fully saturated rings. The molecule has 2 unspecified atom stereocenters. The van der Waals surface area contributed by atoms with Gasteiger partial charge in [-0.25, -0.2) is 4.39 Å². The van der Waals surface area contributed by atoms with Crippen LogP contribution in [0.2, 0.25) is 0 Å². The Morgan fingerprint density at radius 1 is 1.35 bits per heavy atom. The van der Waals surface area contributed by atoms with Crippen molar-refractivity contribution in [2.24, 2.45) is 10.9 Å². The average molecular weight is 447 g/mol. The van der Waals surface area contributed by atoms with Crippen LogP contribution in [0.4, 0.5) is 10.1 Å². The Kier molecular flexibility index (Phi) is 9.40. The first kappa shape index (κ1) is 23.3. The summed E-state index contributed by atoms with van der Waals surface area (Å²) in [6.45, 7) is 2.42. The van der Waals surface area contributed by atoms with Crippen LogP contribution in [0.1, 0.15) is 51.4 Å². The number of pyridine rings is 1. The van der Waals surface area contributed by atoms with Crippen molar-refractivity contribution in [2.75, 3.05) is 30.7 Å². The second kappa shape index (κ2) is 12.5. The molecule has 2 N–H and O–H groups in total. The number of thioether (sulfide) groups is 1. The van der Waals surface area contributed by atoms with Gasteiger partial charge in [0.1, 0.15) is 0 Å². The SMILES string of the molecule is N#CNC(=NCCCCCCC1CCN(C(=O)C2CCCS2)C1)Nc1ccncc1F. The van der Waals surface area contributed by atoms with Crippen LogP contribution in [0.25, 0.3) is 0 Å². The predicted octanol–water partition coefficient (Wildman–Crippen LogP) is 3.75. The number of halogens is 1. The van der Waals surface area contributed by atoms with Crippen molar-refractivity contribution < 1.29 is 9.18 Å². The number of nitrogens with one attached hydrogen (secondary N) is 2. The number of aromatic nitrogens is 1. The largest absolute Gasteiger partial charge is 0.341 e. The Hall–Kier alpha value is -2.34. The van der Waals surface area contributed by atoms with Crippen molar-refractivity contribution >= 4 is 29.3 Å². The fourth-order valence-electron chi connectivity index (χ4n) is 4.10. The molecular formula is C22H31FN6OS. The minimum atomic E-state index is -0.496. The number of unbranched alkanes of at least 4 members (excludes halogenated alkanes) is 3. The van der Waals surface area contributed by atoms with E-state index in [0.29, 0.717) is 18.4 Å². The summed E-state index contributed by atoms with van der Waals surface area (Å²) in [4.78, 5) is 22.6. The molecule has 0 saturated carbocycles. The van der Waals surface area contributed by atoms with E-state index in [1.807, 2.05) is 18.0 Å². The van der Waals surface area contributed by atoms with Gasteiger partial charge in [-0.2, -0.15) is 5.26 Å². The number of carbonyl (C=O) groups excluding carboxylic acids is 1. The van der Waals surface area contributed by atoms with Crippen molar-refractivity contribution in [3.63, 3.8) is 0 Å². The summed E-state index contributed by atoms with van der Waals surface area (Å²) in [6.07, 6.45) is 13.2. The lowest BCUT2D eigenvalue weighted by molar-refractivity contribution is -0.129. The second-order valence-electron chi connectivity index (χ2n) is 8.09. The van der Waals surface area contributed by atoms with E-state index < -0.39 is 5.82 Å². The molecule has 1 aromatic rings. The molecule has 3 rings (SSSR count). The minimum Gasteiger partial charge on any atom is -0.341 e. The number of aliphatic imine (C=N–C) groups is 1. The Bertz CT molecular complexity index is 792. The molecule has 7 nitrogen and oxygen atoms in total. The molecule has 2 aliphatic heterocycles. The highest BCUT2D eigenvalue weighted by Crippen LogP contribution is 2.30. The Labute approximate surface area is 187 Å². The number of anilines is 1. The third kappa shape index (κ3) is 7.39. The summed E-state index contributed by atoms with van der Waals surface area (Å²) in [5, 5.41) is 14.3. The lowest BCUT2D eigenvalue weighted by atomic mass is 10.00. The van der Waals surface area contributed by atoms with Crippen molar-refractivity contribution in [2.45, 2.75) is 56.6 Å². The molecule has 168 valence electrons. The number of likely N-dealkylation sites (tertiary alicyclic amines) is 1. The van der Waals surface area contributed by atoms with Gasteiger partial charge in [-0.05, 0) is 49.8 Å². The number of hydrogen-bond acceptors (Lipinski definition) is 5. The number of guanidine groups is 1. The summed E-state index contributed by atoms with van der Waals surface area (Å²) in [6, 6.07) is 1.49. The Morgan fingerprint density at radius 3 is 3.00 bits per heavy atom. The van der Waals surface area contributed by atoms with Crippen LogP contribution >= 0.6 is 11.8 Å². The predicted molar refractivity (Wildman–Crippen MR) is 122 cm³/mol. The average Bonchev–Trinajstić information content (AvgIpc) is 3.47. The monoisotopic (exact) mass is 446 g/mol. The second-order valence-corrected chi connectivity index (χ2v) is 9.40. The maximum atomic E-state index is 13.7. The highest BCUT2D eigenvalue weighted by atomic mass is 32.2. The maximum absolute atomic E-state index is 13.7. The third-order valence-corrected chi connectivity index (χ3v) is 7.16. The van der Waals surface area contributed by atoms with Crippen molar-refractivity contribution in [1.82, 2.24) is 15.2 Å². The van der Waals surface area contributed by atoms with Crippen LogP contribution < -0.4 is 10.6 Å². The van der Waals surface area contributed by atoms with E-state index in [1.54, 1.807) is 0 Å². The zero-order chi connectivity index (χ0) is 21.9. The van der Waals surface area contributed by atoms with E-state index in [1.165, 1.54) is 31.5 Å².